The maximum atomic E-state index is 10.8. The van der Waals surface area contributed by atoms with Crippen molar-refractivity contribution in [3.63, 3.8) is 0 Å². The molecule has 8 heteroatoms. The van der Waals surface area contributed by atoms with Crippen LogP contribution in [0.2, 0.25) is 0 Å². The summed E-state index contributed by atoms with van der Waals surface area (Å²) in [5.41, 5.74) is 1.34. The summed E-state index contributed by atoms with van der Waals surface area (Å²) in [6.07, 6.45) is 1.69. The minimum Gasteiger partial charge on any atom is -0.492 e. The zero-order valence-electron chi connectivity index (χ0n) is 16.2. The number of aromatic nitrogens is 3. The van der Waals surface area contributed by atoms with Crippen molar-refractivity contribution in [2.45, 2.75) is 19.5 Å². The topological polar surface area (TPSA) is 70.0 Å². The molecular weight excluding hydrogens is 386 g/mol. The lowest BCUT2D eigenvalue weighted by molar-refractivity contribution is 0.0970. The summed E-state index contributed by atoms with van der Waals surface area (Å²) in [4.78, 5) is 10.8. The fraction of sp³-hybridized carbons (Fsp3) is 0.333. The van der Waals surface area contributed by atoms with Gasteiger partial charge in [-0.2, -0.15) is 4.52 Å². The van der Waals surface area contributed by atoms with Gasteiger partial charge in [0.05, 0.1) is 11.1 Å². The van der Waals surface area contributed by atoms with Crippen LogP contribution in [0, 0.1) is 6.92 Å². The van der Waals surface area contributed by atoms with E-state index in [9.17, 15) is 5.11 Å². The molecule has 1 fully saturated rings. The molecule has 1 saturated heterocycles. The average molecular weight is 410 g/mol. The lowest BCUT2D eigenvalue weighted by Crippen LogP contribution is -2.47. The summed E-state index contributed by atoms with van der Waals surface area (Å²) in [5.74, 6) is 1.64. The number of benzene rings is 1. The standard InChI is InChI=1S/C21H23N5O2S/c1-15-22-21-26(23-15)20(27)19(29-21)18(17-8-5-13-28-17)25-11-9-24(10-12-25)14-16-6-3-2-4-7-16/h2-8,13,18,27H,9-12,14H2,1H3/t18-/m0/s1. The second kappa shape index (κ2) is 7.62. The van der Waals surface area contributed by atoms with Gasteiger partial charge in [0.1, 0.15) is 17.6 Å². The quantitative estimate of drug-likeness (QED) is 0.545. The van der Waals surface area contributed by atoms with Gasteiger partial charge in [0, 0.05) is 32.7 Å². The van der Waals surface area contributed by atoms with Gasteiger partial charge in [-0.05, 0) is 24.6 Å². The number of rotatable bonds is 5. The van der Waals surface area contributed by atoms with Crippen molar-refractivity contribution in [3.8, 4) is 5.88 Å². The van der Waals surface area contributed by atoms with Crippen LogP contribution in [-0.4, -0.2) is 55.7 Å². The van der Waals surface area contributed by atoms with Crippen LogP contribution >= 0.6 is 11.3 Å². The van der Waals surface area contributed by atoms with Crippen LogP contribution in [0.3, 0.4) is 0 Å². The second-order valence-electron chi connectivity index (χ2n) is 7.36. The Hall–Kier alpha value is -2.68. The van der Waals surface area contributed by atoms with Gasteiger partial charge in [0.15, 0.2) is 0 Å². The molecule has 1 aromatic carbocycles. The first-order chi connectivity index (χ1) is 14.2. The Balaban J connectivity index is 1.38. The fourth-order valence-corrected chi connectivity index (χ4v) is 5.11. The molecule has 0 bridgehead atoms. The van der Waals surface area contributed by atoms with E-state index in [-0.39, 0.29) is 11.9 Å². The maximum Gasteiger partial charge on any atom is 0.230 e. The molecule has 0 radical (unpaired) electrons. The Morgan fingerprint density at radius 2 is 1.90 bits per heavy atom. The number of aromatic hydroxyl groups is 1. The molecule has 0 amide bonds. The van der Waals surface area contributed by atoms with Crippen molar-refractivity contribution in [1.29, 1.82) is 0 Å². The SMILES string of the molecule is Cc1nc2sc([C@H](c3ccco3)N3CCN(Cc4ccccc4)CC3)c(O)n2n1. The normalized spacial score (nSPS) is 17.1. The van der Waals surface area contributed by atoms with Crippen molar-refractivity contribution >= 4 is 16.3 Å². The van der Waals surface area contributed by atoms with E-state index in [4.69, 9.17) is 4.42 Å². The second-order valence-corrected chi connectivity index (χ2v) is 8.37. The van der Waals surface area contributed by atoms with E-state index in [0.717, 1.165) is 43.4 Å². The molecule has 4 heterocycles. The summed E-state index contributed by atoms with van der Waals surface area (Å²) in [7, 11) is 0. The Labute approximate surface area is 172 Å². The molecule has 5 rings (SSSR count). The van der Waals surface area contributed by atoms with Gasteiger partial charge in [-0.3, -0.25) is 9.80 Å². The number of fused-ring (bicyclic) bond motifs is 1. The van der Waals surface area contributed by atoms with Crippen molar-refractivity contribution in [1.82, 2.24) is 24.4 Å². The highest BCUT2D eigenvalue weighted by molar-refractivity contribution is 7.17. The Kier molecular flexibility index (Phi) is 4.83. The molecule has 1 aliphatic rings. The van der Waals surface area contributed by atoms with E-state index < -0.39 is 0 Å². The van der Waals surface area contributed by atoms with E-state index in [1.807, 2.05) is 19.1 Å². The number of hydrogen-bond donors (Lipinski definition) is 1. The van der Waals surface area contributed by atoms with Crippen LogP contribution in [0.5, 0.6) is 5.88 Å². The molecule has 1 aliphatic heterocycles. The van der Waals surface area contributed by atoms with Crippen LogP contribution in [0.25, 0.3) is 4.96 Å². The first-order valence-electron chi connectivity index (χ1n) is 9.78. The van der Waals surface area contributed by atoms with Gasteiger partial charge in [-0.25, -0.2) is 4.98 Å². The number of nitrogens with zero attached hydrogens (tertiary/aromatic N) is 5. The minimum absolute atomic E-state index is 0.141. The molecule has 29 heavy (non-hydrogen) atoms. The van der Waals surface area contributed by atoms with Crippen LogP contribution in [0.4, 0.5) is 0 Å². The number of thiazole rings is 1. The van der Waals surface area contributed by atoms with Crippen LogP contribution in [0.15, 0.2) is 53.1 Å². The van der Waals surface area contributed by atoms with Crippen molar-refractivity contribution in [3.05, 3.63) is 70.8 Å². The van der Waals surface area contributed by atoms with Crippen molar-refractivity contribution in [2.24, 2.45) is 0 Å². The first kappa shape index (κ1) is 18.4. The van der Waals surface area contributed by atoms with Crippen molar-refractivity contribution < 1.29 is 9.52 Å². The predicted octanol–water partition coefficient (Wildman–Crippen LogP) is 3.31. The Morgan fingerprint density at radius 3 is 2.59 bits per heavy atom. The summed E-state index contributed by atoms with van der Waals surface area (Å²) >= 11 is 1.47. The number of hydrogen-bond acceptors (Lipinski definition) is 7. The van der Waals surface area contributed by atoms with Crippen molar-refractivity contribution in [2.75, 3.05) is 26.2 Å². The van der Waals surface area contributed by atoms with E-state index in [1.54, 1.807) is 6.26 Å². The monoisotopic (exact) mass is 409 g/mol. The zero-order chi connectivity index (χ0) is 19.8. The van der Waals surface area contributed by atoms with Gasteiger partial charge in [0.2, 0.25) is 10.8 Å². The van der Waals surface area contributed by atoms with Crippen LogP contribution < -0.4 is 0 Å². The van der Waals surface area contributed by atoms with Gasteiger partial charge < -0.3 is 9.52 Å². The Bertz CT molecular complexity index is 1080. The lowest BCUT2D eigenvalue weighted by Gasteiger charge is -2.38. The van der Waals surface area contributed by atoms with E-state index in [1.165, 1.54) is 21.4 Å². The summed E-state index contributed by atoms with van der Waals surface area (Å²) in [5, 5.41) is 15.2. The van der Waals surface area contributed by atoms with E-state index >= 15 is 0 Å². The smallest absolute Gasteiger partial charge is 0.230 e. The average Bonchev–Trinajstić information content (AvgIpc) is 3.44. The number of furan rings is 1. The molecule has 0 saturated carbocycles. The highest BCUT2D eigenvalue weighted by atomic mass is 32.1. The lowest BCUT2D eigenvalue weighted by atomic mass is 10.1. The third kappa shape index (κ3) is 3.55. The molecule has 1 atom stereocenters. The molecule has 4 aromatic rings. The highest BCUT2D eigenvalue weighted by Crippen LogP contribution is 2.40. The predicted molar refractivity (Wildman–Crippen MR) is 111 cm³/mol. The zero-order valence-corrected chi connectivity index (χ0v) is 17.0. The van der Waals surface area contributed by atoms with Gasteiger partial charge in [0.25, 0.3) is 0 Å². The first-order valence-corrected chi connectivity index (χ1v) is 10.6. The Morgan fingerprint density at radius 1 is 1.10 bits per heavy atom. The molecular formula is C21H23N5O2S. The van der Waals surface area contributed by atoms with Crippen LogP contribution in [0.1, 0.15) is 28.1 Å². The largest absolute Gasteiger partial charge is 0.492 e. The summed E-state index contributed by atoms with van der Waals surface area (Å²) < 4.78 is 7.29. The van der Waals surface area contributed by atoms with E-state index in [2.05, 4.69) is 50.2 Å². The molecule has 0 unspecified atom stereocenters. The maximum absolute atomic E-state index is 10.8. The molecule has 0 aliphatic carbocycles. The fourth-order valence-electron chi connectivity index (χ4n) is 3.97. The molecule has 7 nitrogen and oxygen atoms in total. The molecule has 3 aromatic heterocycles. The third-order valence-corrected chi connectivity index (χ3v) is 6.46. The molecule has 1 N–H and O–H groups in total. The van der Waals surface area contributed by atoms with Gasteiger partial charge in [-0.15, -0.1) is 5.10 Å². The summed E-state index contributed by atoms with van der Waals surface area (Å²) in [6.45, 7) is 6.50. The number of aryl methyl sites for hydroxylation is 1. The minimum atomic E-state index is -0.141. The molecule has 0 spiro atoms. The van der Waals surface area contributed by atoms with Gasteiger partial charge >= 0.3 is 0 Å². The number of piperazine rings is 1. The highest BCUT2D eigenvalue weighted by Gasteiger charge is 2.33. The van der Waals surface area contributed by atoms with E-state index in [0.29, 0.717) is 10.8 Å². The molecule has 150 valence electrons. The van der Waals surface area contributed by atoms with Gasteiger partial charge in [-0.1, -0.05) is 41.7 Å². The van der Waals surface area contributed by atoms with Crippen LogP contribution in [-0.2, 0) is 6.54 Å². The summed E-state index contributed by atoms with van der Waals surface area (Å²) in [6, 6.07) is 14.3. The third-order valence-electron chi connectivity index (χ3n) is 5.39.